The number of thiazole rings is 1. The van der Waals surface area contributed by atoms with Gasteiger partial charge in [-0.3, -0.25) is 0 Å². The molecule has 0 fully saturated rings. The normalized spacial score (nSPS) is 11.6. The van der Waals surface area contributed by atoms with Crippen molar-refractivity contribution in [1.82, 2.24) is 4.98 Å². The van der Waals surface area contributed by atoms with Crippen LogP contribution in [0.3, 0.4) is 0 Å². The lowest BCUT2D eigenvalue weighted by Gasteiger charge is -2.22. The summed E-state index contributed by atoms with van der Waals surface area (Å²) < 4.78 is 5.46. The lowest BCUT2D eigenvalue weighted by molar-refractivity contribution is 0.397. The Labute approximate surface area is 118 Å². The molecular weight excluding hydrogens is 256 g/mol. The van der Waals surface area contributed by atoms with E-state index in [2.05, 4.69) is 31.8 Å². The average molecular weight is 276 g/mol. The van der Waals surface area contributed by atoms with Crippen LogP contribution in [0.25, 0.3) is 11.3 Å². The Morgan fingerprint density at radius 3 is 2.42 bits per heavy atom. The molecule has 0 aliphatic heterocycles. The Morgan fingerprint density at radius 2 is 1.95 bits per heavy atom. The highest BCUT2D eigenvalue weighted by Gasteiger charge is 2.20. The fraction of sp³-hybridized carbons (Fsp3) is 0.400. The minimum atomic E-state index is 0.0246. The van der Waals surface area contributed by atoms with Crippen LogP contribution in [0.2, 0.25) is 0 Å². The third-order valence-corrected chi connectivity index (χ3v) is 3.89. The van der Waals surface area contributed by atoms with Crippen molar-refractivity contribution in [2.75, 3.05) is 12.8 Å². The Balaban J connectivity index is 2.58. The van der Waals surface area contributed by atoms with E-state index in [1.54, 1.807) is 7.11 Å². The van der Waals surface area contributed by atoms with Crippen molar-refractivity contribution < 1.29 is 4.74 Å². The van der Waals surface area contributed by atoms with Crippen molar-refractivity contribution in [2.45, 2.75) is 33.1 Å². The van der Waals surface area contributed by atoms with Gasteiger partial charge in [-0.1, -0.05) is 20.8 Å². The summed E-state index contributed by atoms with van der Waals surface area (Å²) in [7, 11) is 1.70. The number of hydrogen-bond donors (Lipinski definition) is 1. The molecule has 0 aliphatic carbocycles. The van der Waals surface area contributed by atoms with Gasteiger partial charge in [0.25, 0.3) is 0 Å². The van der Waals surface area contributed by atoms with Crippen LogP contribution in [0, 0.1) is 6.92 Å². The number of aromatic nitrogens is 1. The van der Waals surface area contributed by atoms with Crippen molar-refractivity contribution in [1.29, 1.82) is 0 Å². The lowest BCUT2D eigenvalue weighted by Crippen LogP contribution is -2.13. The topological polar surface area (TPSA) is 48.1 Å². The minimum absolute atomic E-state index is 0.0246. The van der Waals surface area contributed by atoms with Gasteiger partial charge in [-0.15, -0.1) is 11.3 Å². The van der Waals surface area contributed by atoms with E-state index in [-0.39, 0.29) is 5.41 Å². The van der Waals surface area contributed by atoms with Crippen LogP contribution >= 0.6 is 11.3 Å². The van der Waals surface area contributed by atoms with Crippen LogP contribution in [0.1, 0.15) is 31.2 Å². The number of aryl methyl sites for hydroxylation is 1. The predicted octanol–water partition coefficient (Wildman–Crippen LogP) is 4.01. The lowest BCUT2D eigenvalue weighted by atomic mass is 9.85. The molecule has 1 aromatic heterocycles. The van der Waals surface area contributed by atoms with Gasteiger partial charge in [0.2, 0.25) is 0 Å². The third kappa shape index (κ3) is 2.73. The maximum Gasteiger partial charge on any atom is 0.180 e. The van der Waals surface area contributed by atoms with Gasteiger partial charge in [0, 0.05) is 16.0 Å². The molecule has 0 unspecified atom stereocenters. The van der Waals surface area contributed by atoms with E-state index in [4.69, 9.17) is 10.5 Å². The molecule has 1 heterocycles. The van der Waals surface area contributed by atoms with Gasteiger partial charge in [-0.25, -0.2) is 4.98 Å². The highest BCUT2D eigenvalue weighted by Crippen LogP contribution is 2.36. The summed E-state index contributed by atoms with van der Waals surface area (Å²) in [5.41, 5.74) is 9.05. The van der Waals surface area contributed by atoms with Gasteiger partial charge in [-0.2, -0.15) is 0 Å². The fourth-order valence-electron chi connectivity index (χ4n) is 2.13. The molecule has 0 bridgehead atoms. The second-order valence-electron chi connectivity index (χ2n) is 5.62. The Morgan fingerprint density at radius 1 is 1.26 bits per heavy atom. The molecule has 3 nitrogen and oxygen atoms in total. The molecule has 2 aromatic rings. The highest BCUT2D eigenvalue weighted by atomic mass is 32.1. The van der Waals surface area contributed by atoms with Crippen molar-refractivity contribution in [2.24, 2.45) is 0 Å². The van der Waals surface area contributed by atoms with Crippen LogP contribution in [0.4, 0.5) is 5.13 Å². The van der Waals surface area contributed by atoms with Gasteiger partial charge in [0.05, 0.1) is 12.8 Å². The number of nitrogens with zero attached hydrogens (tertiary/aromatic N) is 1. The van der Waals surface area contributed by atoms with Gasteiger partial charge in [0.15, 0.2) is 5.13 Å². The van der Waals surface area contributed by atoms with E-state index in [9.17, 15) is 0 Å². The summed E-state index contributed by atoms with van der Waals surface area (Å²) in [5, 5.41) is 0.612. The van der Waals surface area contributed by atoms with Gasteiger partial charge < -0.3 is 10.5 Å². The van der Waals surface area contributed by atoms with Crippen molar-refractivity contribution in [3.63, 3.8) is 0 Å². The van der Waals surface area contributed by atoms with Crippen LogP contribution in [0.5, 0.6) is 5.75 Å². The van der Waals surface area contributed by atoms with Crippen LogP contribution in [-0.2, 0) is 5.41 Å². The van der Waals surface area contributed by atoms with Crippen molar-refractivity contribution >= 4 is 16.5 Å². The summed E-state index contributed by atoms with van der Waals surface area (Å²) in [4.78, 5) is 5.56. The van der Waals surface area contributed by atoms with Crippen molar-refractivity contribution in [3.8, 4) is 17.0 Å². The number of nitrogen functional groups attached to an aromatic ring is 1. The first-order valence-corrected chi connectivity index (χ1v) is 7.06. The second kappa shape index (κ2) is 4.85. The van der Waals surface area contributed by atoms with Crippen LogP contribution in [0.15, 0.2) is 18.2 Å². The number of anilines is 1. The number of benzene rings is 1. The van der Waals surface area contributed by atoms with E-state index in [1.807, 2.05) is 19.1 Å². The number of hydrogen-bond acceptors (Lipinski definition) is 4. The van der Waals surface area contributed by atoms with Gasteiger partial charge >= 0.3 is 0 Å². The van der Waals surface area contributed by atoms with Gasteiger partial charge in [-0.05, 0) is 30.5 Å². The standard InChI is InChI=1S/C15H20N2OS/c1-9-13(17-14(16)19-9)10-6-7-12(18-5)11(8-10)15(2,3)4/h6-8H,1-5H3,(H2,16,17). The van der Waals surface area contributed by atoms with E-state index in [0.29, 0.717) is 5.13 Å². The molecule has 0 saturated carbocycles. The number of nitrogens with two attached hydrogens (primary N) is 1. The van der Waals surface area contributed by atoms with Gasteiger partial charge in [0.1, 0.15) is 5.75 Å². The minimum Gasteiger partial charge on any atom is -0.496 e. The molecule has 4 heteroatoms. The third-order valence-electron chi connectivity index (χ3n) is 3.09. The molecule has 2 N–H and O–H groups in total. The van der Waals surface area contributed by atoms with E-state index in [0.717, 1.165) is 21.9 Å². The molecule has 19 heavy (non-hydrogen) atoms. The summed E-state index contributed by atoms with van der Waals surface area (Å²) >= 11 is 1.52. The monoisotopic (exact) mass is 276 g/mol. The summed E-state index contributed by atoms with van der Waals surface area (Å²) in [6.45, 7) is 8.58. The van der Waals surface area contributed by atoms with E-state index >= 15 is 0 Å². The Bertz CT molecular complexity index is 597. The average Bonchev–Trinajstić information content (AvgIpc) is 2.66. The molecule has 102 valence electrons. The fourth-order valence-corrected chi connectivity index (χ4v) is 2.84. The summed E-state index contributed by atoms with van der Waals surface area (Å²) in [5.74, 6) is 0.914. The highest BCUT2D eigenvalue weighted by molar-refractivity contribution is 7.15. The number of ether oxygens (including phenoxy) is 1. The molecule has 2 rings (SSSR count). The van der Waals surface area contributed by atoms with Crippen molar-refractivity contribution in [3.05, 3.63) is 28.6 Å². The molecule has 0 saturated heterocycles. The molecular formula is C15H20N2OS. The molecule has 1 aromatic carbocycles. The molecule has 0 radical (unpaired) electrons. The number of methoxy groups -OCH3 is 1. The zero-order valence-electron chi connectivity index (χ0n) is 12.1. The SMILES string of the molecule is COc1ccc(-c2nc(N)sc2C)cc1C(C)(C)C. The maximum absolute atomic E-state index is 5.78. The Kier molecular flexibility index (Phi) is 3.54. The van der Waals surface area contributed by atoms with Crippen LogP contribution in [-0.4, -0.2) is 12.1 Å². The number of rotatable bonds is 2. The Hall–Kier alpha value is -1.55. The van der Waals surface area contributed by atoms with Crippen LogP contribution < -0.4 is 10.5 Å². The predicted molar refractivity (Wildman–Crippen MR) is 82.0 cm³/mol. The molecule has 0 aliphatic rings. The quantitative estimate of drug-likeness (QED) is 0.901. The molecule has 0 atom stereocenters. The van der Waals surface area contributed by atoms with E-state index < -0.39 is 0 Å². The zero-order chi connectivity index (χ0) is 14.2. The maximum atomic E-state index is 5.78. The summed E-state index contributed by atoms with van der Waals surface area (Å²) in [6, 6.07) is 6.20. The summed E-state index contributed by atoms with van der Waals surface area (Å²) in [6.07, 6.45) is 0. The molecule has 0 amide bonds. The smallest absolute Gasteiger partial charge is 0.180 e. The first-order valence-electron chi connectivity index (χ1n) is 6.24. The zero-order valence-corrected chi connectivity index (χ0v) is 12.9. The first kappa shape index (κ1) is 13.9. The second-order valence-corrected chi connectivity index (χ2v) is 6.86. The van der Waals surface area contributed by atoms with E-state index in [1.165, 1.54) is 16.9 Å². The molecule has 0 spiro atoms. The largest absolute Gasteiger partial charge is 0.496 e. The first-order chi connectivity index (χ1) is 8.82.